The summed E-state index contributed by atoms with van der Waals surface area (Å²) in [6.07, 6.45) is 4.03. The number of nitrogens with zero attached hydrogens (tertiary/aromatic N) is 1. The Morgan fingerprint density at radius 2 is 2.32 bits per heavy atom. The van der Waals surface area contributed by atoms with Gasteiger partial charge in [0.25, 0.3) is 0 Å². The lowest BCUT2D eigenvalue weighted by Gasteiger charge is -2.36. The zero-order valence-electron chi connectivity index (χ0n) is 12.4. The number of carbonyl (C=O) groups is 1. The minimum atomic E-state index is 0.294. The predicted octanol–water partition coefficient (Wildman–Crippen LogP) is 1.65. The Morgan fingerprint density at radius 3 is 3.00 bits per heavy atom. The molecule has 2 aliphatic rings. The molecule has 0 saturated carbocycles. The van der Waals surface area contributed by atoms with Crippen molar-refractivity contribution >= 4 is 5.91 Å². The van der Waals surface area contributed by atoms with E-state index in [2.05, 4.69) is 24.1 Å². The van der Waals surface area contributed by atoms with Crippen LogP contribution in [0.15, 0.2) is 0 Å². The topological polar surface area (TPSA) is 41.6 Å². The van der Waals surface area contributed by atoms with Gasteiger partial charge in [-0.2, -0.15) is 0 Å². The van der Waals surface area contributed by atoms with E-state index in [0.717, 1.165) is 39.1 Å². The molecule has 4 nitrogen and oxygen atoms in total. The summed E-state index contributed by atoms with van der Waals surface area (Å²) in [4.78, 5) is 14.5. The molecule has 2 fully saturated rings. The monoisotopic (exact) mass is 268 g/mol. The van der Waals surface area contributed by atoms with Crippen molar-refractivity contribution in [1.29, 1.82) is 0 Å². The molecule has 2 heterocycles. The Morgan fingerprint density at radius 1 is 1.47 bits per heavy atom. The van der Waals surface area contributed by atoms with Crippen LogP contribution in [0, 0.1) is 11.8 Å². The average Bonchev–Trinajstić information content (AvgIpc) is 2.89. The Kier molecular flexibility index (Phi) is 5.64. The molecule has 1 amide bonds. The third-order valence-corrected chi connectivity index (χ3v) is 4.22. The van der Waals surface area contributed by atoms with Crippen LogP contribution in [-0.4, -0.2) is 49.7 Å². The van der Waals surface area contributed by atoms with Gasteiger partial charge in [0.2, 0.25) is 5.91 Å². The van der Waals surface area contributed by atoms with E-state index in [-0.39, 0.29) is 0 Å². The molecular formula is C15H28N2O2. The molecule has 0 radical (unpaired) electrons. The van der Waals surface area contributed by atoms with E-state index < -0.39 is 0 Å². The largest absolute Gasteiger partial charge is 0.377 e. The molecule has 0 bridgehead atoms. The summed E-state index contributed by atoms with van der Waals surface area (Å²) in [5, 5.41) is 3.37. The van der Waals surface area contributed by atoms with E-state index in [9.17, 15) is 4.79 Å². The van der Waals surface area contributed by atoms with Crippen LogP contribution >= 0.6 is 0 Å². The fourth-order valence-corrected chi connectivity index (χ4v) is 3.15. The predicted molar refractivity (Wildman–Crippen MR) is 76.0 cm³/mol. The summed E-state index contributed by atoms with van der Waals surface area (Å²) >= 11 is 0. The van der Waals surface area contributed by atoms with Gasteiger partial charge in [-0.15, -0.1) is 0 Å². The van der Waals surface area contributed by atoms with Crippen LogP contribution in [0.2, 0.25) is 0 Å². The van der Waals surface area contributed by atoms with Gasteiger partial charge >= 0.3 is 0 Å². The zero-order valence-corrected chi connectivity index (χ0v) is 12.4. The van der Waals surface area contributed by atoms with Crippen LogP contribution in [0.4, 0.5) is 0 Å². The summed E-state index contributed by atoms with van der Waals surface area (Å²) in [7, 11) is 0. The second-order valence-corrected chi connectivity index (χ2v) is 6.34. The highest BCUT2D eigenvalue weighted by Gasteiger charge is 2.28. The number of morpholine rings is 1. The maximum absolute atomic E-state index is 12.4. The molecule has 2 aliphatic heterocycles. The van der Waals surface area contributed by atoms with Gasteiger partial charge in [0, 0.05) is 13.0 Å². The van der Waals surface area contributed by atoms with Crippen molar-refractivity contribution in [2.45, 2.75) is 45.6 Å². The van der Waals surface area contributed by atoms with Crippen molar-refractivity contribution < 1.29 is 9.53 Å². The fraction of sp³-hybridized carbons (Fsp3) is 0.933. The minimum Gasteiger partial charge on any atom is -0.377 e. The van der Waals surface area contributed by atoms with E-state index in [1.54, 1.807) is 0 Å². The lowest BCUT2D eigenvalue weighted by molar-refractivity contribution is -0.140. The SMILES string of the molecule is CC(C)CC1COCCN1C(=O)CCC1CCNC1. The first kappa shape index (κ1) is 14.8. The average molecular weight is 268 g/mol. The van der Waals surface area contributed by atoms with Gasteiger partial charge < -0.3 is 15.0 Å². The van der Waals surface area contributed by atoms with Gasteiger partial charge in [0.1, 0.15) is 0 Å². The Hall–Kier alpha value is -0.610. The number of carbonyl (C=O) groups excluding carboxylic acids is 1. The smallest absolute Gasteiger partial charge is 0.222 e. The molecule has 0 aromatic rings. The summed E-state index contributed by atoms with van der Waals surface area (Å²) in [6, 6.07) is 0.294. The number of ether oxygens (including phenoxy) is 1. The van der Waals surface area contributed by atoms with Crippen LogP contribution in [0.1, 0.15) is 39.5 Å². The molecule has 0 aromatic heterocycles. The minimum absolute atomic E-state index is 0.294. The quantitative estimate of drug-likeness (QED) is 0.824. The molecular weight excluding hydrogens is 240 g/mol. The zero-order chi connectivity index (χ0) is 13.7. The van der Waals surface area contributed by atoms with Gasteiger partial charge in [-0.1, -0.05) is 13.8 Å². The van der Waals surface area contributed by atoms with Gasteiger partial charge in [0.15, 0.2) is 0 Å². The van der Waals surface area contributed by atoms with E-state index >= 15 is 0 Å². The maximum Gasteiger partial charge on any atom is 0.222 e. The molecule has 110 valence electrons. The van der Waals surface area contributed by atoms with E-state index in [4.69, 9.17) is 4.74 Å². The van der Waals surface area contributed by atoms with E-state index in [1.165, 1.54) is 6.42 Å². The molecule has 2 saturated heterocycles. The van der Waals surface area contributed by atoms with E-state index in [0.29, 0.717) is 36.8 Å². The number of hydrogen-bond donors (Lipinski definition) is 1. The summed E-state index contributed by atoms with van der Waals surface area (Å²) < 4.78 is 5.54. The molecule has 0 aromatic carbocycles. The molecule has 0 aliphatic carbocycles. The molecule has 2 rings (SSSR count). The molecule has 2 unspecified atom stereocenters. The highest BCUT2D eigenvalue weighted by Crippen LogP contribution is 2.20. The normalized spacial score (nSPS) is 28.1. The maximum atomic E-state index is 12.4. The van der Waals surface area contributed by atoms with Crippen molar-refractivity contribution in [2.24, 2.45) is 11.8 Å². The van der Waals surface area contributed by atoms with Crippen molar-refractivity contribution in [3.63, 3.8) is 0 Å². The van der Waals surface area contributed by atoms with Crippen molar-refractivity contribution in [1.82, 2.24) is 10.2 Å². The Bertz CT molecular complexity index is 288. The third kappa shape index (κ3) is 4.46. The summed E-state index contributed by atoms with van der Waals surface area (Å²) in [5.41, 5.74) is 0. The van der Waals surface area contributed by atoms with Gasteiger partial charge in [0.05, 0.1) is 19.3 Å². The number of nitrogens with one attached hydrogen (secondary N) is 1. The molecule has 1 N–H and O–H groups in total. The van der Waals surface area contributed by atoms with Crippen LogP contribution in [0.25, 0.3) is 0 Å². The van der Waals surface area contributed by atoms with Crippen molar-refractivity contribution in [2.75, 3.05) is 32.8 Å². The number of hydrogen-bond acceptors (Lipinski definition) is 3. The Balaban J connectivity index is 1.80. The standard InChI is InChI=1S/C15H28N2O2/c1-12(2)9-14-11-19-8-7-17(14)15(18)4-3-13-5-6-16-10-13/h12-14,16H,3-11H2,1-2H3. The van der Waals surface area contributed by atoms with E-state index in [1.807, 2.05) is 0 Å². The first-order valence-corrected chi connectivity index (χ1v) is 7.74. The van der Waals surface area contributed by atoms with Gasteiger partial charge in [-0.25, -0.2) is 0 Å². The molecule has 4 heteroatoms. The van der Waals surface area contributed by atoms with Gasteiger partial charge in [-0.3, -0.25) is 4.79 Å². The first-order valence-electron chi connectivity index (χ1n) is 7.74. The van der Waals surface area contributed by atoms with Gasteiger partial charge in [-0.05, 0) is 44.2 Å². The van der Waals surface area contributed by atoms with Crippen molar-refractivity contribution in [3.8, 4) is 0 Å². The third-order valence-electron chi connectivity index (χ3n) is 4.22. The highest BCUT2D eigenvalue weighted by molar-refractivity contribution is 5.76. The lowest BCUT2D eigenvalue weighted by atomic mass is 9.99. The van der Waals surface area contributed by atoms with Crippen LogP contribution in [-0.2, 0) is 9.53 Å². The van der Waals surface area contributed by atoms with Crippen LogP contribution in [0.5, 0.6) is 0 Å². The molecule has 0 spiro atoms. The lowest BCUT2D eigenvalue weighted by Crippen LogP contribution is -2.49. The Labute approximate surface area is 116 Å². The highest BCUT2D eigenvalue weighted by atomic mass is 16.5. The number of rotatable bonds is 5. The molecule has 19 heavy (non-hydrogen) atoms. The fourth-order valence-electron chi connectivity index (χ4n) is 3.15. The first-order chi connectivity index (χ1) is 9.16. The van der Waals surface area contributed by atoms with Crippen LogP contribution < -0.4 is 5.32 Å². The summed E-state index contributed by atoms with van der Waals surface area (Å²) in [5.74, 6) is 1.65. The number of amides is 1. The summed E-state index contributed by atoms with van der Waals surface area (Å²) in [6.45, 7) is 8.82. The van der Waals surface area contributed by atoms with Crippen LogP contribution in [0.3, 0.4) is 0 Å². The second kappa shape index (κ2) is 7.25. The van der Waals surface area contributed by atoms with Crippen molar-refractivity contribution in [3.05, 3.63) is 0 Å². The second-order valence-electron chi connectivity index (χ2n) is 6.34. The molecule has 2 atom stereocenters.